The van der Waals surface area contributed by atoms with Crippen molar-refractivity contribution in [2.24, 2.45) is 0 Å². The maximum absolute atomic E-state index is 13.0. The number of hydrogen-bond acceptors (Lipinski definition) is 4. The molecule has 0 atom stereocenters. The highest BCUT2D eigenvalue weighted by Gasteiger charge is 2.29. The van der Waals surface area contributed by atoms with E-state index >= 15 is 0 Å². The first-order valence-corrected chi connectivity index (χ1v) is 10.1. The molecule has 1 saturated heterocycles. The zero-order valence-electron chi connectivity index (χ0n) is 15.8. The molecule has 0 unspecified atom stereocenters. The molecule has 0 spiro atoms. The Labute approximate surface area is 151 Å². The zero-order chi connectivity index (χ0) is 18.8. The number of nitrogens with one attached hydrogen (secondary N) is 1. The third kappa shape index (κ3) is 4.59. The molecule has 1 aliphatic heterocycles. The lowest BCUT2D eigenvalue weighted by Crippen LogP contribution is -2.47. The molecule has 0 aliphatic carbocycles. The predicted molar refractivity (Wildman–Crippen MR) is 99.3 cm³/mol. The van der Waals surface area contributed by atoms with E-state index in [1.807, 2.05) is 27.8 Å². The zero-order valence-corrected chi connectivity index (χ0v) is 16.6. The second-order valence-electron chi connectivity index (χ2n) is 7.38. The molecule has 25 heavy (non-hydrogen) atoms. The fourth-order valence-electron chi connectivity index (χ4n) is 2.65. The van der Waals surface area contributed by atoms with E-state index in [1.54, 1.807) is 19.1 Å². The van der Waals surface area contributed by atoms with Gasteiger partial charge in [0.15, 0.2) is 0 Å². The largest absolute Gasteiger partial charge is 0.347 e. The minimum atomic E-state index is -3.59. The lowest BCUT2D eigenvalue weighted by molar-refractivity contribution is 0.0911. The standard InChI is InChI=1S/C18H29N3O3S/c1-6-18(3,4)19-17(22)15-8-7-14(2)16(13-15)25(23,24)21-11-9-20(5)10-12-21/h7-8,13H,6,9-12H2,1-5H3,(H,19,22). The van der Waals surface area contributed by atoms with Crippen molar-refractivity contribution in [3.63, 3.8) is 0 Å². The Bertz CT molecular complexity index is 736. The highest BCUT2D eigenvalue weighted by atomic mass is 32.2. The van der Waals surface area contributed by atoms with Crippen LogP contribution in [0.25, 0.3) is 0 Å². The van der Waals surface area contributed by atoms with Crippen LogP contribution in [0.3, 0.4) is 0 Å². The molecule has 1 aromatic rings. The van der Waals surface area contributed by atoms with Gasteiger partial charge in [-0.05, 0) is 51.9 Å². The van der Waals surface area contributed by atoms with E-state index in [0.717, 1.165) is 6.42 Å². The summed E-state index contributed by atoms with van der Waals surface area (Å²) in [6, 6.07) is 4.89. The Morgan fingerprint density at radius 3 is 2.36 bits per heavy atom. The number of nitrogens with zero attached hydrogens (tertiary/aromatic N) is 2. The van der Waals surface area contributed by atoms with Gasteiger partial charge in [-0.15, -0.1) is 0 Å². The van der Waals surface area contributed by atoms with Gasteiger partial charge < -0.3 is 10.2 Å². The van der Waals surface area contributed by atoms with Crippen LogP contribution < -0.4 is 5.32 Å². The van der Waals surface area contributed by atoms with E-state index in [9.17, 15) is 13.2 Å². The molecule has 0 bridgehead atoms. The average Bonchev–Trinajstić information content (AvgIpc) is 2.55. The first kappa shape index (κ1) is 19.9. The van der Waals surface area contributed by atoms with Crippen LogP contribution in [-0.2, 0) is 10.0 Å². The third-order valence-electron chi connectivity index (χ3n) is 4.87. The van der Waals surface area contributed by atoms with Gasteiger partial charge in [0.1, 0.15) is 0 Å². The summed E-state index contributed by atoms with van der Waals surface area (Å²) in [7, 11) is -1.61. The van der Waals surface area contributed by atoms with Gasteiger partial charge >= 0.3 is 0 Å². The summed E-state index contributed by atoms with van der Waals surface area (Å²) in [4.78, 5) is 14.8. The van der Waals surface area contributed by atoms with Crippen molar-refractivity contribution in [3.8, 4) is 0 Å². The number of hydrogen-bond donors (Lipinski definition) is 1. The SMILES string of the molecule is CCC(C)(C)NC(=O)c1ccc(C)c(S(=O)(=O)N2CCN(C)CC2)c1. The van der Waals surface area contributed by atoms with Crippen LogP contribution >= 0.6 is 0 Å². The van der Waals surface area contributed by atoms with Gasteiger partial charge in [0.05, 0.1) is 4.90 Å². The van der Waals surface area contributed by atoms with Crippen molar-refractivity contribution in [2.45, 2.75) is 44.6 Å². The number of carbonyl (C=O) groups excluding carboxylic acids is 1. The number of aryl methyl sites for hydroxylation is 1. The summed E-state index contributed by atoms with van der Waals surface area (Å²) in [5.41, 5.74) is 0.698. The Hall–Kier alpha value is -1.44. The average molecular weight is 368 g/mol. The highest BCUT2D eigenvalue weighted by Crippen LogP contribution is 2.23. The fraction of sp³-hybridized carbons (Fsp3) is 0.611. The molecule has 1 aromatic carbocycles. The lowest BCUT2D eigenvalue weighted by Gasteiger charge is -2.32. The van der Waals surface area contributed by atoms with Crippen LogP contribution in [0.15, 0.2) is 23.1 Å². The first-order chi connectivity index (χ1) is 11.6. The molecule has 1 N–H and O–H groups in total. The van der Waals surface area contributed by atoms with Gasteiger partial charge in [-0.1, -0.05) is 13.0 Å². The van der Waals surface area contributed by atoms with Crippen molar-refractivity contribution in [1.29, 1.82) is 0 Å². The summed E-state index contributed by atoms with van der Waals surface area (Å²) < 4.78 is 27.5. The van der Waals surface area contributed by atoms with Crippen molar-refractivity contribution in [1.82, 2.24) is 14.5 Å². The van der Waals surface area contributed by atoms with Crippen LogP contribution in [0, 0.1) is 6.92 Å². The van der Waals surface area contributed by atoms with Crippen molar-refractivity contribution >= 4 is 15.9 Å². The van der Waals surface area contributed by atoms with E-state index in [1.165, 1.54) is 10.4 Å². The van der Waals surface area contributed by atoms with E-state index in [-0.39, 0.29) is 16.3 Å². The minimum absolute atomic E-state index is 0.221. The number of amides is 1. The second kappa shape index (κ2) is 7.43. The van der Waals surface area contributed by atoms with Crippen LogP contribution in [-0.4, -0.2) is 62.3 Å². The first-order valence-electron chi connectivity index (χ1n) is 8.68. The van der Waals surface area contributed by atoms with Crippen LogP contribution in [0.4, 0.5) is 0 Å². The number of piperazine rings is 1. The quantitative estimate of drug-likeness (QED) is 0.862. The highest BCUT2D eigenvalue weighted by molar-refractivity contribution is 7.89. The monoisotopic (exact) mass is 367 g/mol. The van der Waals surface area contributed by atoms with Crippen molar-refractivity contribution in [3.05, 3.63) is 29.3 Å². The summed E-state index contributed by atoms with van der Waals surface area (Å²) >= 11 is 0. The Morgan fingerprint density at radius 1 is 1.20 bits per heavy atom. The van der Waals surface area contributed by atoms with E-state index in [0.29, 0.717) is 37.3 Å². The summed E-state index contributed by atoms with van der Waals surface area (Å²) in [5.74, 6) is -0.248. The van der Waals surface area contributed by atoms with E-state index in [4.69, 9.17) is 0 Å². The van der Waals surface area contributed by atoms with Gasteiger partial charge in [-0.3, -0.25) is 4.79 Å². The molecule has 7 heteroatoms. The predicted octanol–water partition coefficient (Wildman–Crippen LogP) is 1.85. The second-order valence-corrected chi connectivity index (χ2v) is 9.29. The van der Waals surface area contributed by atoms with Gasteiger partial charge in [0.25, 0.3) is 5.91 Å². The Morgan fingerprint density at radius 2 is 1.80 bits per heavy atom. The summed E-state index contributed by atoms with van der Waals surface area (Å²) in [6.45, 7) is 10.0. The molecule has 6 nitrogen and oxygen atoms in total. The molecule has 0 radical (unpaired) electrons. The van der Waals surface area contributed by atoms with E-state index < -0.39 is 10.0 Å². The smallest absolute Gasteiger partial charge is 0.251 e. The molecule has 1 amide bonds. The van der Waals surface area contributed by atoms with Crippen LogP contribution in [0.1, 0.15) is 43.1 Å². The molecule has 1 aliphatic rings. The van der Waals surface area contributed by atoms with Crippen molar-refractivity contribution < 1.29 is 13.2 Å². The van der Waals surface area contributed by atoms with Gasteiger partial charge in [0.2, 0.25) is 10.0 Å². The fourth-order valence-corrected chi connectivity index (χ4v) is 4.33. The number of benzene rings is 1. The maximum atomic E-state index is 13.0. The van der Waals surface area contributed by atoms with Gasteiger partial charge in [-0.2, -0.15) is 4.31 Å². The van der Waals surface area contributed by atoms with Gasteiger partial charge in [-0.25, -0.2) is 8.42 Å². The molecule has 0 saturated carbocycles. The minimum Gasteiger partial charge on any atom is -0.347 e. The summed E-state index contributed by atoms with van der Waals surface area (Å²) in [6.07, 6.45) is 0.789. The third-order valence-corrected chi connectivity index (χ3v) is 6.91. The molecule has 1 heterocycles. The Kier molecular flexibility index (Phi) is 5.91. The molecular formula is C18H29N3O3S. The molecular weight excluding hydrogens is 338 g/mol. The van der Waals surface area contributed by atoms with E-state index in [2.05, 4.69) is 10.2 Å². The number of sulfonamides is 1. The molecule has 0 aromatic heterocycles. The Balaban J connectivity index is 2.31. The topological polar surface area (TPSA) is 69.7 Å². The number of rotatable bonds is 5. The summed E-state index contributed by atoms with van der Waals surface area (Å²) in [5, 5.41) is 2.95. The van der Waals surface area contributed by atoms with Gasteiger partial charge in [0, 0.05) is 37.3 Å². The molecule has 140 valence electrons. The van der Waals surface area contributed by atoms with Crippen molar-refractivity contribution in [2.75, 3.05) is 33.2 Å². The normalized spacial score (nSPS) is 17.5. The van der Waals surface area contributed by atoms with Crippen LogP contribution in [0.2, 0.25) is 0 Å². The van der Waals surface area contributed by atoms with Crippen LogP contribution in [0.5, 0.6) is 0 Å². The lowest BCUT2D eigenvalue weighted by atomic mass is 10.0. The molecule has 2 rings (SSSR count). The number of likely N-dealkylation sites (N-methyl/N-ethyl adjacent to an activating group) is 1. The number of carbonyl (C=O) groups is 1. The maximum Gasteiger partial charge on any atom is 0.251 e. The molecule has 1 fully saturated rings.